The molecule has 1 aliphatic carbocycles. The second kappa shape index (κ2) is 12.8. The normalized spacial score (nSPS) is 13.3. The summed E-state index contributed by atoms with van der Waals surface area (Å²) >= 11 is 1.86. The standard InChI is InChI=1S/C57H35NOS/c1-2-13-39-33-40(22-21-36(39)11-1)37-23-26-41(27-24-37)58(43-28-30-46-45-15-5-10-20-54(45)60-55(46)35-43)42-29-31-47-51(34-42)57(50-32-25-38-12-3-4-14-44(38)56(47)50)48-16-6-8-18-52(48)59-53-19-9-7-17-49(53)57/h1-35H. The van der Waals surface area contributed by atoms with Gasteiger partial charge in [-0.3, -0.25) is 0 Å². The Hall–Kier alpha value is -7.46. The lowest BCUT2D eigenvalue weighted by atomic mass is 9.66. The van der Waals surface area contributed by atoms with E-state index in [1.807, 2.05) is 11.3 Å². The average Bonchev–Trinajstić information content (AvgIpc) is 3.82. The molecule has 0 fully saturated rings. The molecule has 60 heavy (non-hydrogen) atoms. The maximum atomic E-state index is 6.73. The first-order valence-electron chi connectivity index (χ1n) is 20.6. The number of thiophene rings is 1. The summed E-state index contributed by atoms with van der Waals surface area (Å²) in [6, 6.07) is 78.1. The Kier molecular flexibility index (Phi) is 7.13. The van der Waals surface area contributed by atoms with E-state index >= 15 is 0 Å². The van der Waals surface area contributed by atoms with Crippen molar-refractivity contribution in [1.82, 2.24) is 0 Å². The molecule has 0 unspecified atom stereocenters. The minimum Gasteiger partial charge on any atom is -0.457 e. The molecule has 13 rings (SSSR count). The lowest BCUT2D eigenvalue weighted by molar-refractivity contribution is 0.436. The van der Waals surface area contributed by atoms with Gasteiger partial charge in [-0.15, -0.1) is 11.3 Å². The Morgan fingerprint density at radius 2 is 0.967 bits per heavy atom. The summed E-state index contributed by atoms with van der Waals surface area (Å²) in [4.78, 5) is 2.44. The lowest BCUT2D eigenvalue weighted by Gasteiger charge is -2.39. The van der Waals surface area contributed by atoms with Crippen LogP contribution < -0.4 is 9.64 Å². The smallest absolute Gasteiger partial charge is 0.132 e. The van der Waals surface area contributed by atoms with Crippen LogP contribution in [-0.4, -0.2) is 0 Å². The van der Waals surface area contributed by atoms with E-state index in [2.05, 4.69) is 217 Å². The maximum absolute atomic E-state index is 6.73. The van der Waals surface area contributed by atoms with E-state index in [-0.39, 0.29) is 0 Å². The van der Waals surface area contributed by atoms with Crippen LogP contribution in [0, 0.1) is 0 Å². The number of nitrogens with zero attached hydrogens (tertiary/aromatic N) is 1. The summed E-state index contributed by atoms with van der Waals surface area (Å²) in [5.41, 5.74) is 12.5. The first-order valence-corrected chi connectivity index (χ1v) is 21.4. The second-order valence-corrected chi connectivity index (χ2v) is 17.1. The van der Waals surface area contributed by atoms with Gasteiger partial charge in [0.15, 0.2) is 0 Å². The van der Waals surface area contributed by atoms with Crippen LogP contribution in [0.3, 0.4) is 0 Å². The van der Waals surface area contributed by atoms with Crippen molar-refractivity contribution in [3.63, 3.8) is 0 Å². The molecule has 0 radical (unpaired) electrons. The van der Waals surface area contributed by atoms with Crippen molar-refractivity contribution in [2.24, 2.45) is 0 Å². The van der Waals surface area contributed by atoms with Crippen LogP contribution in [0.4, 0.5) is 17.1 Å². The molecule has 0 N–H and O–H groups in total. The molecule has 10 aromatic carbocycles. The number of benzene rings is 10. The monoisotopic (exact) mass is 781 g/mol. The Balaban J connectivity index is 1.06. The van der Waals surface area contributed by atoms with Gasteiger partial charge in [-0.2, -0.15) is 0 Å². The highest BCUT2D eigenvalue weighted by Crippen LogP contribution is 2.63. The van der Waals surface area contributed by atoms with Crippen molar-refractivity contribution in [3.05, 3.63) is 235 Å². The molecule has 0 bridgehead atoms. The molecule has 1 spiro atoms. The van der Waals surface area contributed by atoms with E-state index in [9.17, 15) is 0 Å². The Bertz CT molecular complexity index is 3500. The molecule has 280 valence electrons. The third-order valence-electron chi connectivity index (χ3n) is 12.9. The minimum absolute atomic E-state index is 0.600. The minimum atomic E-state index is -0.600. The van der Waals surface area contributed by atoms with E-state index in [4.69, 9.17) is 4.74 Å². The van der Waals surface area contributed by atoms with Crippen molar-refractivity contribution in [3.8, 4) is 33.8 Å². The molecule has 1 aliphatic heterocycles. The van der Waals surface area contributed by atoms with Crippen LogP contribution in [0.25, 0.3) is 64.0 Å². The summed E-state index contributed by atoms with van der Waals surface area (Å²) in [6.45, 7) is 0. The van der Waals surface area contributed by atoms with E-state index in [0.717, 1.165) is 39.7 Å². The fourth-order valence-electron chi connectivity index (χ4n) is 10.3. The largest absolute Gasteiger partial charge is 0.457 e. The fourth-order valence-corrected chi connectivity index (χ4v) is 11.4. The lowest BCUT2D eigenvalue weighted by Crippen LogP contribution is -2.32. The molecular formula is C57H35NOS. The number of para-hydroxylation sites is 2. The SMILES string of the molecule is c1ccc2c(c1)Oc1ccccc1C21c2cc(N(c3ccc(-c4ccc5ccccc5c4)cc3)c3ccc4c(c3)sc3ccccc34)ccc2-c2c1ccc1ccccc21. The summed E-state index contributed by atoms with van der Waals surface area (Å²) in [5.74, 6) is 1.79. The molecule has 0 amide bonds. The molecule has 0 saturated carbocycles. The number of fused-ring (bicyclic) bond motifs is 15. The van der Waals surface area contributed by atoms with Crippen LogP contribution >= 0.6 is 11.3 Å². The second-order valence-electron chi connectivity index (χ2n) is 16.0. The molecule has 1 aromatic heterocycles. The first kappa shape index (κ1) is 33.5. The van der Waals surface area contributed by atoms with Gasteiger partial charge in [0.2, 0.25) is 0 Å². The summed E-state index contributed by atoms with van der Waals surface area (Å²) in [6.07, 6.45) is 0. The Morgan fingerprint density at radius 3 is 1.78 bits per heavy atom. The molecule has 0 atom stereocenters. The fraction of sp³-hybridized carbons (Fsp3) is 0.0175. The molecule has 11 aromatic rings. The maximum Gasteiger partial charge on any atom is 0.132 e. The molecule has 2 aliphatic rings. The molecular weight excluding hydrogens is 747 g/mol. The zero-order chi connectivity index (χ0) is 39.4. The number of ether oxygens (including phenoxy) is 1. The van der Waals surface area contributed by atoms with Gasteiger partial charge < -0.3 is 9.64 Å². The van der Waals surface area contributed by atoms with Crippen molar-refractivity contribution in [2.75, 3.05) is 4.90 Å². The number of hydrogen-bond donors (Lipinski definition) is 0. The van der Waals surface area contributed by atoms with Gasteiger partial charge in [0, 0.05) is 48.4 Å². The van der Waals surface area contributed by atoms with Gasteiger partial charge in [-0.05, 0) is 116 Å². The third kappa shape index (κ3) is 4.75. The van der Waals surface area contributed by atoms with Gasteiger partial charge >= 0.3 is 0 Å². The first-order chi connectivity index (χ1) is 29.7. The van der Waals surface area contributed by atoms with Crippen molar-refractivity contribution >= 4 is 70.1 Å². The summed E-state index contributed by atoms with van der Waals surface area (Å²) in [5, 5.41) is 7.59. The predicted octanol–water partition coefficient (Wildman–Crippen LogP) is 16.0. The topological polar surface area (TPSA) is 12.5 Å². The van der Waals surface area contributed by atoms with Crippen LogP contribution in [0.1, 0.15) is 22.3 Å². The molecule has 3 heteroatoms. The quantitative estimate of drug-likeness (QED) is 0.176. The van der Waals surface area contributed by atoms with E-state index in [0.29, 0.717) is 0 Å². The van der Waals surface area contributed by atoms with Crippen molar-refractivity contribution in [1.29, 1.82) is 0 Å². The van der Waals surface area contributed by atoms with Crippen LogP contribution in [0.15, 0.2) is 212 Å². The van der Waals surface area contributed by atoms with E-state index < -0.39 is 5.41 Å². The van der Waals surface area contributed by atoms with Crippen molar-refractivity contribution < 1.29 is 4.74 Å². The Labute approximate surface area is 351 Å². The van der Waals surface area contributed by atoms with Crippen LogP contribution in [0.2, 0.25) is 0 Å². The van der Waals surface area contributed by atoms with Gasteiger partial charge in [0.25, 0.3) is 0 Å². The van der Waals surface area contributed by atoms with Gasteiger partial charge in [-0.25, -0.2) is 0 Å². The highest BCUT2D eigenvalue weighted by Gasteiger charge is 2.51. The predicted molar refractivity (Wildman–Crippen MR) is 252 cm³/mol. The third-order valence-corrected chi connectivity index (χ3v) is 14.0. The number of hydrogen-bond acceptors (Lipinski definition) is 3. The summed E-state index contributed by atoms with van der Waals surface area (Å²) < 4.78 is 9.30. The zero-order valence-corrected chi connectivity index (χ0v) is 33.3. The van der Waals surface area contributed by atoms with Crippen LogP contribution in [-0.2, 0) is 5.41 Å². The number of anilines is 3. The highest BCUT2D eigenvalue weighted by atomic mass is 32.1. The zero-order valence-electron chi connectivity index (χ0n) is 32.5. The van der Waals surface area contributed by atoms with E-state index in [1.54, 1.807) is 0 Å². The molecule has 2 nitrogen and oxygen atoms in total. The van der Waals surface area contributed by atoms with E-state index in [1.165, 1.54) is 75.1 Å². The molecule has 0 saturated heterocycles. The summed E-state index contributed by atoms with van der Waals surface area (Å²) in [7, 11) is 0. The average molecular weight is 782 g/mol. The van der Waals surface area contributed by atoms with Crippen LogP contribution in [0.5, 0.6) is 11.5 Å². The van der Waals surface area contributed by atoms with Gasteiger partial charge in [0.05, 0.1) is 5.41 Å². The molecule has 2 heterocycles. The number of rotatable bonds is 4. The van der Waals surface area contributed by atoms with Gasteiger partial charge in [0.1, 0.15) is 11.5 Å². The Morgan fingerprint density at radius 1 is 0.367 bits per heavy atom. The highest BCUT2D eigenvalue weighted by molar-refractivity contribution is 7.25. The van der Waals surface area contributed by atoms with Gasteiger partial charge in [-0.1, -0.05) is 152 Å². The van der Waals surface area contributed by atoms with Crippen molar-refractivity contribution in [2.45, 2.75) is 5.41 Å².